The van der Waals surface area contributed by atoms with E-state index in [1.807, 2.05) is 44.3 Å². The quantitative estimate of drug-likeness (QED) is 0.766. The summed E-state index contributed by atoms with van der Waals surface area (Å²) in [4.78, 5) is 12.8. The number of carbonyl (C=O) groups is 1. The van der Waals surface area contributed by atoms with Crippen LogP contribution < -0.4 is 10.6 Å². The lowest BCUT2D eigenvalue weighted by Gasteiger charge is -2.18. The second-order valence-corrected chi connectivity index (χ2v) is 6.43. The molecule has 1 aliphatic rings. The minimum atomic E-state index is -0.120. The third-order valence-corrected chi connectivity index (χ3v) is 4.39. The molecule has 0 fully saturated rings. The second-order valence-electron chi connectivity index (χ2n) is 6.43. The lowest BCUT2D eigenvalue weighted by Crippen LogP contribution is -2.29. The third kappa shape index (κ3) is 2.87. The molecule has 4 rings (SSSR count). The third-order valence-electron chi connectivity index (χ3n) is 4.39. The molecule has 2 N–H and O–H groups in total. The molecule has 0 radical (unpaired) electrons. The standard InChI is InChI=1S/C18H21N5O2/c1-12(2)23-17(10-14(21-23)16-4-3-9-25-16)20-18(24)13-5-7-22-8-6-19-11-15(13)22/h3-5,7,9-10,12,19H,6,8,11H2,1-2H3,(H,20,24). The number of furan rings is 1. The molecule has 0 unspecified atom stereocenters. The van der Waals surface area contributed by atoms with Crippen LogP contribution in [0.3, 0.4) is 0 Å². The molecule has 1 amide bonds. The summed E-state index contributed by atoms with van der Waals surface area (Å²) in [5.74, 6) is 1.22. The van der Waals surface area contributed by atoms with Gasteiger partial charge in [-0.3, -0.25) is 4.79 Å². The average Bonchev–Trinajstić information content (AvgIpc) is 3.33. The van der Waals surface area contributed by atoms with E-state index in [9.17, 15) is 4.79 Å². The van der Waals surface area contributed by atoms with Crippen molar-refractivity contribution in [3.63, 3.8) is 0 Å². The molecule has 3 aromatic rings. The molecule has 0 aliphatic carbocycles. The second kappa shape index (κ2) is 6.25. The van der Waals surface area contributed by atoms with Crippen molar-refractivity contribution in [1.29, 1.82) is 0 Å². The number of amides is 1. The Morgan fingerprint density at radius 2 is 2.28 bits per heavy atom. The van der Waals surface area contributed by atoms with E-state index in [2.05, 4.69) is 20.3 Å². The Bertz CT molecular complexity index is 889. The number of nitrogens with zero attached hydrogens (tertiary/aromatic N) is 3. The normalized spacial score (nSPS) is 13.9. The summed E-state index contributed by atoms with van der Waals surface area (Å²) in [6.07, 6.45) is 3.58. The number of fused-ring (bicyclic) bond motifs is 1. The van der Waals surface area contributed by atoms with E-state index >= 15 is 0 Å². The Kier molecular flexibility index (Phi) is 3.93. The van der Waals surface area contributed by atoms with Crippen LogP contribution in [0, 0.1) is 0 Å². The smallest absolute Gasteiger partial charge is 0.258 e. The maximum atomic E-state index is 12.8. The minimum absolute atomic E-state index is 0.114. The highest BCUT2D eigenvalue weighted by molar-refractivity contribution is 6.05. The largest absolute Gasteiger partial charge is 0.463 e. The molecule has 4 heterocycles. The highest BCUT2D eigenvalue weighted by atomic mass is 16.3. The van der Waals surface area contributed by atoms with Gasteiger partial charge >= 0.3 is 0 Å². The number of rotatable bonds is 4. The Labute approximate surface area is 145 Å². The lowest BCUT2D eigenvalue weighted by atomic mass is 10.2. The van der Waals surface area contributed by atoms with E-state index in [-0.39, 0.29) is 11.9 Å². The van der Waals surface area contributed by atoms with Crippen LogP contribution in [0.5, 0.6) is 0 Å². The molecule has 0 spiro atoms. The predicted molar refractivity (Wildman–Crippen MR) is 94.4 cm³/mol. The number of hydrogen-bond acceptors (Lipinski definition) is 4. The number of hydrogen-bond donors (Lipinski definition) is 2. The molecular formula is C18H21N5O2. The SMILES string of the molecule is CC(C)n1nc(-c2ccco2)cc1NC(=O)c1ccn2c1CNCC2. The van der Waals surface area contributed by atoms with E-state index in [0.29, 0.717) is 29.4 Å². The summed E-state index contributed by atoms with van der Waals surface area (Å²) in [7, 11) is 0. The molecule has 0 bridgehead atoms. The van der Waals surface area contributed by atoms with Gasteiger partial charge in [0.25, 0.3) is 5.91 Å². The molecule has 0 atom stereocenters. The van der Waals surface area contributed by atoms with Gasteiger partial charge in [0.1, 0.15) is 11.5 Å². The zero-order chi connectivity index (χ0) is 17.4. The first-order chi connectivity index (χ1) is 12.1. The number of anilines is 1. The summed E-state index contributed by atoms with van der Waals surface area (Å²) in [6, 6.07) is 7.51. The highest BCUT2D eigenvalue weighted by Gasteiger charge is 2.21. The van der Waals surface area contributed by atoms with E-state index in [4.69, 9.17) is 4.42 Å². The van der Waals surface area contributed by atoms with Gasteiger partial charge in [-0.25, -0.2) is 4.68 Å². The Morgan fingerprint density at radius 3 is 3.04 bits per heavy atom. The number of nitrogens with one attached hydrogen (secondary N) is 2. The molecule has 7 heteroatoms. The zero-order valence-corrected chi connectivity index (χ0v) is 14.3. The molecule has 130 valence electrons. The van der Waals surface area contributed by atoms with Crippen LogP contribution in [-0.4, -0.2) is 26.8 Å². The van der Waals surface area contributed by atoms with Gasteiger partial charge in [0, 0.05) is 43.6 Å². The summed E-state index contributed by atoms with van der Waals surface area (Å²) < 4.78 is 9.35. The molecule has 1 aliphatic heterocycles. The van der Waals surface area contributed by atoms with Crippen molar-refractivity contribution in [2.75, 3.05) is 11.9 Å². The zero-order valence-electron chi connectivity index (χ0n) is 14.3. The van der Waals surface area contributed by atoms with Crippen molar-refractivity contribution in [3.8, 4) is 11.5 Å². The Morgan fingerprint density at radius 1 is 1.40 bits per heavy atom. The van der Waals surface area contributed by atoms with Gasteiger partial charge in [-0.1, -0.05) is 0 Å². The van der Waals surface area contributed by atoms with Crippen molar-refractivity contribution in [1.82, 2.24) is 19.7 Å². The summed E-state index contributed by atoms with van der Waals surface area (Å²) in [5, 5.41) is 10.9. The van der Waals surface area contributed by atoms with Crippen molar-refractivity contribution in [3.05, 3.63) is 48.0 Å². The predicted octanol–water partition coefficient (Wildman–Crippen LogP) is 2.88. The fourth-order valence-electron chi connectivity index (χ4n) is 3.13. The highest BCUT2D eigenvalue weighted by Crippen LogP contribution is 2.25. The Hall–Kier alpha value is -2.80. The van der Waals surface area contributed by atoms with Crippen LogP contribution in [0.1, 0.15) is 35.9 Å². The number of aromatic nitrogens is 3. The van der Waals surface area contributed by atoms with Crippen LogP contribution in [0.25, 0.3) is 11.5 Å². The Balaban J connectivity index is 1.64. The first-order valence-corrected chi connectivity index (χ1v) is 8.47. The summed E-state index contributed by atoms with van der Waals surface area (Å²) >= 11 is 0. The fraction of sp³-hybridized carbons (Fsp3) is 0.333. The first kappa shape index (κ1) is 15.7. The van der Waals surface area contributed by atoms with Crippen LogP contribution in [0.2, 0.25) is 0 Å². The van der Waals surface area contributed by atoms with E-state index in [0.717, 1.165) is 18.8 Å². The van der Waals surface area contributed by atoms with Crippen molar-refractivity contribution in [2.45, 2.75) is 33.0 Å². The van der Waals surface area contributed by atoms with Gasteiger partial charge in [-0.2, -0.15) is 5.10 Å². The molecule has 0 aromatic carbocycles. The van der Waals surface area contributed by atoms with Gasteiger partial charge in [-0.15, -0.1) is 0 Å². The minimum Gasteiger partial charge on any atom is -0.463 e. The molecule has 7 nitrogen and oxygen atoms in total. The van der Waals surface area contributed by atoms with Gasteiger partial charge < -0.3 is 19.6 Å². The van der Waals surface area contributed by atoms with Crippen LogP contribution >= 0.6 is 0 Å². The van der Waals surface area contributed by atoms with Crippen LogP contribution in [0.4, 0.5) is 5.82 Å². The van der Waals surface area contributed by atoms with E-state index in [1.165, 1.54) is 0 Å². The van der Waals surface area contributed by atoms with Gasteiger partial charge in [0.05, 0.1) is 11.8 Å². The van der Waals surface area contributed by atoms with Gasteiger partial charge in [0.15, 0.2) is 5.76 Å². The van der Waals surface area contributed by atoms with Crippen molar-refractivity contribution >= 4 is 11.7 Å². The molecular weight excluding hydrogens is 318 g/mol. The summed E-state index contributed by atoms with van der Waals surface area (Å²) in [5.41, 5.74) is 2.42. The molecule has 3 aromatic heterocycles. The lowest BCUT2D eigenvalue weighted by molar-refractivity contribution is 0.102. The van der Waals surface area contributed by atoms with Crippen LogP contribution in [0.15, 0.2) is 41.1 Å². The van der Waals surface area contributed by atoms with Gasteiger partial charge in [-0.05, 0) is 32.0 Å². The number of carbonyl (C=O) groups excluding carboxylic acids is 1. The fourth-order valence-corrected chi connectivity index (χ4v) is 3.13. The topological polar surface area (TPSA) is 77.0 Å². The molecule has 0 saturated heterocycles. The monoisotopic (exact) mass is 339 g/mol. The van der Waals surface area contributed by atoms with E-state index in [1.54, 1.807) is 10.9 Å². The average molecular weight is 339 g/mol. The van der Waals surface area contributed by atoms with Gasteiger partial charge in [0.2, 0.25) is 0 Å². The summed E-state index contributed by atoms with van der Waals surface area (Å²) in [6.45, 7) is 6.57. The van der Waals surface area contributed by atoms with Crippen LogP contribution in [-0.2, 0) is 13.1 Å². The van der Waals surface area contributed by atoms with Crippen molar-refractivity contribution in [2.24, 2.45) is 0 Å². The maximum Gasteiger partial charge on any atom is 0.258 e. The maximum absolute atomic E-state index is 12.8. The molecule has 0 saturated carbocycles. The first-order valence-electron chi connectivity index (χ1n) is 8.47. The van der Waals surface area contributed by atoms with Crippen molar-refractivity contribution < 1.29 is 9.21 Å². The molecule has 25 heavy (non-hydrogen) atoms. The van der Waals surface area contributed by atoms with E-state index < -0.39 is 0 Å².